The highest BCUT2D eigenvalue weighted by Gasteiger charge is 2.44. The molecule has 0 aliphatic carbocycles. The number of hydrogen-bond donors (Lipinski definition) is 4. The summed E-state index contributed by atoms with van der Waals surface area (Å²) in [5.41, 5.74) is 0. The first kappa shape index (κ1) is 37.2. The van der Waals surface area contributed by atoms with Crippen LogP contribution >= 0.6 is 0 Å². The Morgan fingerprint density at radius 3 is 1.83 bits per heavy atom. The second-order valence-electron chi connectivity index (χ2n) is 10.6. The molecule has 6 atom stereocenters. The fourth-order valence-electron chi connectivity index (χ4n) is 4.48. The molecule has 1 rings (SSSR count). The van der Waals surface area contributed by atoms with Gasteiger partial charge in [0.2, 0.25) is 0 Å². The first-order valence-electron chi connectivity index (χ1n) is 15.3. The van der Waals surface area contributed by atoms with Gasteiger partial charge in [-0.05, 0) is 52.4 Å². The minimum absolute atomic E-state index is 0.216. The summed E-state index contributed by atoms with van der Waals surface area (Å²) in [6, 6.07) is 0. The lowest BCUT2D eigenvalue weighted by Crippen LogP contribution is -2.59. The molecule has 0 bridgehead atoms. The maximum atomic E-state index is 12.5. The number of aliphatic hydroxyl groups is 4. The Kier molecular flexibility index (Phi) is 21.5. The molecule has 0 aromatic rings. The summed E-state index contributed by atoms with van der Waals surface area (Å²) in [6.45, 7) is 2.92. The largest absolute Gasteiger partial charge is 0.462 e. The molecule has 1 saturated heterocycles. The van der Waals surface area contributed by atoms with E-state index in [-0.39, 0.29) is 26.1 Å². The van der Waals surface area contributed by atoms with Crippen molar-refractivity contribution in [2.75, 3.05) is 19.8 Å². The van der Waals surface area contributed by atoms with Crippen molar-refractivity contribution >= 4 is 11.9 Å². The average Bonchev–Trinajstić information content (AvgIpc) is 2.96. The lowest BCUT2D eigenvalue weighted by Gasteiger charge is -2.39. The van der Waals surface area contributed by atoms with Crippen molar-refractivity contribution in [3.05, 3.63) is 24.3 Å². The van der Waals surface area contributed by atoms with Gasteiger partial charge in [0.1, 0.15) is 31.0 Å². The van der Waals surface area contributed by atoms with E-state index in [9.17, 15) is 30.0 Å². The van der Waals surface area contributed by atoms with Crippen molar-refractivity contribution in [1.82, 2.24) is 0 Å². The van der Waals surface area contributed by atoms with Gasteiger partial charge in [0.25, 0.3) is 0 Å². The second-order valence-corrected chi connectivity index (χ2v) is 10.6. The number of rotatable bonds is 23. The summed E-state index contributed by atoms with van der Waals surface area (Å²) >= 11 is 0. The maximum Gasteiger partial charge on any atom is 0.306 e. The normalized spacial score (nSPS) is 23.7. The molecule has 1 aliphatic rings. The zero-order chi connectivity index (χ0) is 30.3. The Morgan fingerprint density at radius 2 is 1.27 bits per heavy atom. The fourth-order valence-corrected chi connectivity index (χ4v) is 4.48. The van der Waals surface area contributed by atoms with Crippen molar-refractivity contribution in [1.29, 1.82) is 0 Å². The Morgan fingerprint density at radius 1 is 0.732 bits per heavy atom. The van der Waals surface area contributed by atoms with Gasteiger partial charge in [-0.3, -0.25) is 9.59 Å². The lowest BCUT2D eigenvalue weighted by molar-refractivity contribution is -0.305. The Labute approximate surface area is 245 Å². The molecule has 0 saturated carbocycles. The van der Waals surface area contributed by atoms with Crippen molar-refractivity contribution in [3.8, 4) is 0 Å². The molecule has 1 fully saturated rings. The third-order valence-corrected chi connectivity index (χ3v) is 7.00. The monoisotopic (exact) mass is 586 g/mol. The number of hydrogen-bond acceptors (Lipinski definition) is 10. The van der Waals surface area contributed by atoms with Gasteiger partial charge in [-0.1, -0.05) is 62.8 Å². The molecule has 1 heterocycles. The number of carbonyl (C=O) groups excluding carboxylic acids is 2. The highest BCUT2D eigenvalue weighted by Crippen LogP contribution is 2.22. The van der Waals surface area contributed by atoms with Gasteiger partial charge in [-0.25, -0.2) is 0 Å². The zero-order valence-corrected chi connectivity index (χ0v) is 25.0. The van der Waals surface area contributed by atoms with E-state index in [1.807, 2.05) is 26.0 Å². The van der Waals surface area contributed by atoms with Crippen LogP contribution in [0.15, 0.2) is 24.3 Å². The third kappa shape index (κ3) is 17.0. The van der Waals surface area contributed by atoms with E-state index in [1.165, 1.54) is 0 Å². The van der Waals surface area contributed by atoms with E-state index in [4.69, 9.17) is 18.9 Å². The Balaban J connectivity index is 2.51. The van der Waals surface area contributed by atoms with Gasteiger partial charge < -0.3 is 39.4 Å². The first-order valence-corrected chi connectivity index (χ1v) is 15.3. The van der Waals surface area contributed by atoms with Crippen molar-refractivity contribution < 1.29 is 49.0 Å². The van der Waals surface area contributed by atoms with Crippen LogP contribution in [0.1, 0.15) is 104 Å². The van der Waals surface area contributed by atoms with Gasteiger partial charge in [-0.2, -0.15) is 0 Å². The summed E-state index contributed by atoms with van der Waals surface area (Å²) in [4.78, 5) is 24.8. The molecular weight excluding hydrogens is 532 g/mol. The van der Waals surface area contributed by atoms with E-state index in [2.05, 4.69) is 12.2 Å². The molecule has 41 heavy (non-hydrogen) atoms. The van der Waals surface area contributed by atoms with Crippen LogP contribution in [0.3, 0.4) is 0 Å². The number of aliphatic hydroxyl groups excluding tert-OH is 4. The Bertz CT molecular complexity index is 738. The summed E-state index contributed by atoms with van der Waals surface area (Å²) in [5, 5.41) is 39.6. The number of ether oxygens (including phenoxy) is 4. The van der Waals surface area contributed by atoms with E-state index in [1.54, 1.807) is 0 Å². The number of carbonyl (C=O) groups is 2. The van der Waals surface area contributed by atoms with E-state index < -0.39 is 55.4 Å². The smallest absolute Gasteiger partial charge is 0.306 e. The molecule has 10 heteroatoms. The van der Waals surface area contributed by atoms with Crippen molar-refractivity contribution in [2.24, 2.45) is 0 Å². The lowest BCUT2D eigenvalue weighted by atomic mass is 9.99. The van der Waals surface area contributed by atoms with Crippen molar-refractivity contribution in [2.45, 2.75) is 141 Å². The molecule has 238 valence electrons. The molecule has 0 aromatic carbocycles. The third-order valence-electron chi connectivity index (χ3n) is 7.00. The highest BCUT2D eigenvalue weighted by atomic mass is 16.7. The molecule has 0 amide bonds. The van der Waals surface area contributed by atoms with Gasteiger partial charge in [-0.15, -0.1) is 0 Å². The molecule has 4 N–H and O–H groups in total. The van der Waals surface area contributed by atoms with Crippen LogP contribution < -0.4 is 0 Å². The predicted octanol–water partition coefficient (Wildman–Crippen LogP) is 3.87. The van der Waals surface area contributed by atoms with Crippen molar-refractivity contribution in [3.63, 3.8) is 0 Å². The zero-order valence-electron chi connectivity index (χ0n) is 25.0. The molecular formula is C31H54O10. The van der Waals surface area contributed by atoms with Gasteiger partial charge in [0.05, 0.1) is 13.2 Å². The standard InChI is InChI=1S/C31H54O10/c1-3-5-7-9-11-13-15-17-19-26(33)38-22-24(40-27(34)20-18-16-14-12-10-8-6-4-2)23-39-31-30(37)29(36)28(35)25(21-32)41-31/h3-6,24-25,28-32,35-37H,7-23H2,1-2H3/b5-3+,6-4+/t24-,25-,28+,29+,30-,31-/m1/s1. The van der Waals surface area contributed by atoms with Crippen LogP contribution in [0.25, 0.3) is 0 Å². The maximum absolute atomic E-state index is 12.5. The minimum Gasteiger partial charge on any atom is -0.462 e. The Hall–Kier alpha value is -1.82. The number of esters is 2. The van der Waals surface area contributed by atoms with Crippen LogP contribution in [0.4, 0.5) is 0 Å². The van der Waals surface area contributed by atoms with E-state index >= 15 is 0 Å². The molecule has 0 unspecified atom stereocenters. The summed E-state index contributed by atoms with van der Waals surface area (Å²) in [7, 11) is 0. The first-order chi connectivity index (χ1) is 19.8. The van der Waals surface area contributed by atoms with Crippen LogP contribution in [0.2, 0.25) is 0 Å². The van der Waals surface area contributed by atoms with Crippen LogP contribution in [0, 0.1) is 0 Å². The second kappa shape index (κ2) is 23.7. The van der Waals surface area contributed by atoms with Crippen LogP contribution in [0.5, 0.6) is 0 Å². The number of unbranched alkanes of at least 4 members (excludes halogenated alkanes) is 10. The fraction of sp³-hybridized carbons (Fsp3) is 0.806. The molecule has 1 aliphatic heterocycles. The van der Waals surface area contributed by atoms with Crippen LogP contribution in [-0.4, -0.2) is 89.0 Å². The van der Waals surface area contributed by atoms with E-state index in [0.717, 1.165) is 64.2 Å². The molecule has 0 radical (unpaired) electrons. The predicted molar refractivity (Wildman–Crippen MR) is 155 cm³/mol. The molecule has 0 spiro atoms. The molecule has 10 nitrogen and oxygen atoms in total. The SMILES string of the molecule is C/C=C/CCCCCCCC(=O)OC[C@H](CO[C@@H]1O[C@H](CO)[C@H](O)[C@H](O)[C@H]1O)OC(=O)CCCCCCC/C=C/C. The molecule has 0 aromatic heterocycles. The van der Waals surface area contributed by atoms with Crippen LogP contribution in [-0.2, 0) is 28.5 Å². The van der Waals surface area contributed by atoms with E-state index in [0.29, 0.717) is 12.8 Å². The number of allylic oxidation sites excluding steroid dienone is 4. The minimum atomic E-state index is -1.59. The quantitative estimate of drug-likeness (QED) is 0.0789. The van der Waals surface area contributed by atoms with Gasteiger partial charge in [0, 0.05) is 12.8 Å². The topological polar surface area (TPSA) is 152 Å². The summed E-state index contributed by atoms with van der Waals surface area (Å²) in [5.74, 6) is -0.846. The highest BCUT2D eigenvalue weighted by molar-refractivity contribution is 5.70. The van der Waals surface area contributed by atoms with Gasteiger partial charge in [0.15, 0.2) is 12.4 Å². The summed E-state index contributed by atoms with van der Waals surface area (Å²) < 4.78 is 21.8. The van der Waals surface area contributed by atoms with Gasteiger partial charge >= 0.3 is 11.9 Å². The average molecular weight is 587 g/mol. The summed E-state index contributed by atoms with van der Waals surface area (Å²) in [6.07, 6.45) is 12.6.